The van der Waals surface area contributed by atoms with Gasteiger partial charge in [-0.15, -0.1) is 0 Å². The van der Waals surface area contributed by atoms with E-state index in [4.69, 9.17) is 0 Å². The molecule has 1 aliphatic rings. The van der Waals surface area contributed by atoms with Gasteiger partial charge in [-0.3, -0.25) is 4.79 Å². The summed E-state index contributed by atoms with van der Waals surface area (Å²) in [5, 5.41) is 10.1. The SMILES string of the molecule is Cc1ccc(N[S+]([O-])c2cccc(C(=O)N3CCN(C)CC3)c2)c2[nH]cc(C#N)c12. The molecule has 4 rings (SSSR count). The molecule has 1 amide bonds. The number of carbonyl (C=O) groups excluding carboxylic acids is 1. The van der Waals surface area contributed by atoms with Crippen molar-refractivity contribution in [3.63, 3.8) is 0 Å². The lowest BCUT2D eigenvalue weighted by atomic mass is 10.1. The maximum Gasteiger partial charge on any atom is 0.254 e. The second-order valence-electron chi connectivity index (χ2n) is 7.49. The molecule has 0 spiro atoms. The summed E-state index contributed by atoms with van der Waals surface area (Å²) in [6.07, 6.45) is 1.65. The van der Waals surface area contributed by atoms with Crippen molar-refractivity contribution < 1.29 is 9.35 Å². The molecule has 1 fully saturated rings. The Hall–Kier alpha value is -2.99. The van der Waals surface area contributed by atoms with Crippen molar-refractivity contribution in [3.8, 4) is 6.07 Å². The lowest BCUT2D eigenvalue weighted by Crippen LogP contribution is -2.47. The molecule has 7 nitrogen and oxygen atoms in total. The van der Waals surface area contributed by atoms with Crippen molar-refractivity contribution in [3.05, 3.63) is 59.3 Å². The zero-order valence-corrected chi connectivity index (χ0v) is 17.8. The maximum atomic E-state index is 13.0. The number of benzene rings is 2. The first kappa shape index (κ1) is 20.3. The van der Waals surface area contributed by atoms with Gasteiger partial charge in [-0.25, -0.2) is 4.72 Å². The fourth-order valence-corrected chi connectivity index (χ4v) is 4.61. The molecule has 1 aromatic heterocycles. The summed E-state index contributed by atoms with van der Waals surface area (Å²) in [7, 11) is 2.04. The van der Waals surface area contributed by atoms with Crippen LogP contribution in [0.4, 0.5) is 5.69 Å². The van der Waals surface area contributed by atoms with Crippen molar-refractivity contribution >= 4 is 33.9 Å². The molecular weight excluding hydrogens is 398 g/mol. The van der Waals surface area contributed by atoms with E-state index in [0.29, 0.717) is 34.8 Å². The Labute approximate surface area is 178 Å². The van der Waals surface area contributed by atoms with Gasteiger partial charge in [0, 0.05) is 49.4 Å². The predicted molar refractivity (Wildman–Crippen MR) is 118 cm³/mol. The summed E-state index contributed by atoms with van der Waals surface area (Å²) in [6, 6.07) is 12.8. The molecule has 0 aliphatic carbocycles. The molecule has 1 saturated heterocycles. The Morgan fingerprint density at radius 3 is 2.73 bits per heavy atom. The van der Waals surface area contributed by atoms with Crippen LogP contribution < -0.4 is 4.72 Å². The van der Waals surface area contributed by atoms with Gasteiger partial charge in [-0.05, 0) is 37.7 Å². The third-order valence-corrected chi connectivity index (χ3v) is 6.54. The quantitative estimate of drug-likeness (QED) is 0.631. The molecule has 30 heavy (non-hydrogen) atoms. The molecule has 3 aromatic rings. The first-order valence-electron chi connectivity index (χ1n) is 9.75. The predicted octanol–water partition coefficient (Wildman–Crippen LogP) is 2.87. The number of carbonyl (C=O) groups is 1. The highest BCUT2D eigenvalue weighted by Crippen LogP contribution is 2.30. The summed E-state index contributed by atoms with van der Waals surface area (Å²) in [6.45, 7) is 5.02. The van der Waals surface area contributed by atoms with Crippen LogP contribution in [0.5, 0.6) is 0 Å². The molecule has 1 aliphatic heterocycles. The summed E-state index contributed by atoms with van der Waals surface area (Å²) < 4.78 is 16.0. The van der Waals surface area contributed by atoms with E-state index in [1.165, 1.54) is 0 Å². The number of amides is 1. The molecule has 1 atom stereocenters. The van der Waals surface area contributed by atoms with Gasteiger partial charge in [0.25, 0.3) is 5.91 Å². The number of nitriles is 1. The average molecular weight is 422 g/mol. The number of aryl methyl sites for hydroxylation is 1. The first-order chi connectivity index (χ1) is 14.5. The normalized spacial score (nSPS) is 15.7. The number of hydrogen-bond donors (Lipinski definition) is 2. The standard InChI is InChI=1S/C22H23N5O2S/c1-15-6-7-19(21-20(15)17(13-23)14-24-21)25-30(29)18-5-3-4-16(12-18)22(28)27-10-8-26(2)9-11-27/h3-7,12,14,24-25H,8-11H2,1-2H3. The average Bonchev–Trinajstić information content (AvgIpc) is 3.21. The number of aromatic amines is 1. The Morgan fingerprint density at radius 2 is 2.00 bits per heavy atom. The molecule has 1 unspecified atom stereocenters. The first-order valence-corrected chi connectivity index (χ1v) is 10.9. The Kier molecular flexibility index (Phi) is 5.68. The number of fused-ring (bicyclic) bond motifs is 1. The van der Waals surface area contributed by atoms with E-state index in [9.17, 15) is 14.6 Å². The van der Waals surface area contributed by atoms with Gasteiger partial charge in [-0.1, -0.05) is 12.1 Å². The number of hydrogen-bond acceptors (Lipinski definition) is 5. The van der Waals surface area contributed by atoms with Crippen LogP contribution in [0.15, 0.2) is 47.5 Å². The van der Waals surface area contributed by atoms with Gasteiger partial charge < -0.3 is 19.3 Å². The van der Waals surface area contributed by atoms with Gasteiger partial charge in [0.2, 0.25) is 0 Å². The zero-order valence-electron chi connectivity index (χ0n) is 16.9. The number of likely N-dealkylation sites (N-methyl/N-ethyl adjacent to an activating group) is 1. The number of piperazine rings is 1. The number of aromatic nitrogens is 1. The Balaban J connectivity index is 1.56. The molecule has 0 radical (unpaired) electrons. The fraction of sp³-hybridized carbons (Fsp3) is 0.273. The summed E-state index contributed by atoms with van der Waals surface area (Å²) in [5.41, 5.74) is 3.44. The topological polar surface area (TPSA) is 98.2 Å². The Morgan fingerprint density at radius 1 is 1.23 bits per heavy atom. The molecule has 2 heterocycles. The number of nitrogens with one attached hydrogen (secondary N) is 2. The highest BCUT2D eigenvalue weighted by Gasteiger charge is 2.23. The van der Waals surface area contributed by atoms with Crippen molar-refractivity contribution in [2.24, 2.45) is 0 Å². The van der Waals surface area contributed by atoms with Crippen LogP contribution in [-0.2, 0) is 11.4 Å². The zero-order chi connectivity index (χ0) is 21.3. The maximum absolute atomic E-state index is 13.0. The van der Waals surface area contributed by atoms with Crippen molar-refractivity contribution in [1.29, 1.82) is 5.26 Å². The highest BCUT2D eigenvalue weighted by molar-refractivity contribution is 7.92. The minimum atomic E-state index is -1.56. The molecule has 0 saturated carbocycles. The van der Waals surface area contributed by atoms with Gasteiger partial charge in [0.05, 0.1) is 11.1 Å². The molecular formula is C22H23N5O2S. The van der Waals surface area contributed by atoms with Crippen molar-refractivity contribution in [2.45, 2.75) is 11.8 Å². The van der Waals surface area contributed by atoms with Crippen LogP contribution in [0, 0.1) is 18.3 Å². The minimum absolute atomic E-state index is 0.0392. The number of nitrogens with zero attached hydrogens (tertiary/aromatic N) is 3. The monoisotopic (exact) mass is 421 g/mol. The number of anilines is 1. The van der Waals surface area contributed by atoms with E-state index in [2.05, 4.69) is 20.7 Å². The summed E-state index contributed by atoms with van der Waals surface area (Å²) in [5.74, 6) is -0.0392. The number of H-pyrrole nitrogens is 1. The van der Waals surface area contributed by atoms with Crippen LogP contribution in [0.25, 0.3) is 10.9 Å². The second kappa shape index (κ2) is 8.40. The second-order valence-corrected chi connectivity index (χ2v) is 8.70. The van der Waals surface area contributed by atoms with Gasteiger partial charge >= 0.3 is 0 Å². The molecule has 0 bridgehead atoms. The van der Waals surface area contributed by atoms with Crippen LogP contribution in [0.2, 0.25) is 0 Å². The minimum Gasteiger partial charge on any atom is -0.588 e. The smallest absolute Gasteiger partial charge is 0.254 e. The van der Waals surface area contributed by atoms with Crippen LogP contribution >= 0.6 is 0 Å². The largest absolute Gasteiger partial charge is 0.588 e. The lowest BCUT2D eigenvalue weighted by molar-refractivity contribution is 0.0664. The molecule has 154 valence electrons. The van der Waals surface area contributed by atoms with Gasteiger partial charge in [0.15, 0.2) is 4.90 Å². The van der Waals surface area contributed by atoms with E-state index in [0.717, 1.165) is 29.6 Å². The van der Waals surface area contributed by atoms with Crippen LogP contribution in [0.3, 0.4) is 0 Å². The van der Waals surface area contributed by atoms with E-state index < -0.39 is 11.4 Å². The van der Waals surface area contributed by atoms with Gasteiger partial charge in [-0.2, -0.15) is 5.26 Å². The molecule has 2 N–H and O–H groups in total. The van der Waals surface area contributed by atoms with Crippen LogP contribution in [0.1, 0.15) is 21.5 Å². The van der Waals surface area contributed by atoms with E-state index in [1.807, 2.05) is 31.0 Å². The fourth-order valence-electron chi connectivity index (χ4n) is 3.69. The molecule has 8 heteroatoms. The Bertz CT molecular complexity index is 1130. The third kappa shape index (κ3) is 3.87. The van der Waals surface area contributed by atoms with E-state index in [1.54, 1.807) is 30.5 Å². The molecule has 2 aromatic carbocycles. The van der Waals surface area contributed by atoms with E-state index in [-0.39, 0.29) is 5.91 Å². The van der Waals surface area contributed by atoms with Crippen LogP contribution in [-0.4, -0.2) is 58.5 Å². The lowest BCUT2D eigenvalue weighted by Gasteiger charge is -2.32. The van der Waals surface area contributed by atoms with E-state index >= 15 is 0 Å². The van der Waals surface area contributed by atoms with Crippen molar-refractivity contribution in [2.75, 3.05) is 37.9 Å². The number of rotatable bonds is 4. The highest BCUT2D eigenvalue weighted by atomic mass is 32.2. The van der Waals surface area contributed by atoms with Crippen molar-refractivity contribution in [1.82, 2.24) is 14.8 Å². The summed E-state index contributed by atoms with van der Waals surface area (Å²) >= 11 is -1.56. The summed E-state index contributed by atoms with van der Waals surface area (Å²) in [4.78, 5) is 20.5. The third-order valence-electron chi connectivity index (χ3n) is 5.45. The van der Waals surface area contributed by atoms with Gasteiger partial charge in [0.1, 0.15) is 23.1 Å².